The van der Waals surface area contributed by atoms with Crippen LogP contribution in [0, 0.1) is 5.92 Å². The molecule has 0 saturated heterocycles. The summed E-state index contributed by atoms with van der Waals surface area (Å²) in [5.41, 5.74) is 1.53. The zero-order chi connectivity index (χ0) is 15.4. The van der Waals surface area contributed by atoms with Gasteiger partial charge in [0.2, 0.25) is 0 Å². The Morgan fingerprint density at radius 1 is 1.38 bits per heavy atom. The van der Waals surface area contributed by atoms with Crippen molar-refractivity contribution in [2.45, 2.75) is 38.7 Å². The SMILES string of the molecule is COC(=O)CC(c1ccc(O)c(COC(C)=O)c1)C1CC1. The Balaban J connectivity index is 2.18. The van der Waals surface area contributed by atoms with E-state index in [-0.39, 0.29) is 24.2 Å². The molecule has 5 heteroatoms. The Labute approximate surface area is 123 Å². The number of phenols is 1. The molecule has 1 unspecified atom stereocenters. The van der Waals surface area contributed by atoms with Crippen LogP contribution < -0.4 is 0 Å². The van der Waals surface area contributed by atoms with Gasteiger partial charge in [0.15, 0.2) is 0 Å². The van der Waals surface area contributed by atoms with Crippen molar-refractivity contribution in [3.05, 3.63) is 29.3 Å². The number of hydrogen-bond acceptors (Lipinski definition) is 5. The van der Waals surface area contributed by atoms with Crippen molar-refractivity contribution < 1.29 is 24.2 Å². The molecule has 5 nitrogen and oxygen atoms in total. The van der Waals surface area contributed by atoms with Gasteiger partial charge in [0.25, 0.3) is 0 Å². The second kappa shape index (κ2) is 6.61. The van der Waals surface area contributed by atoms with Gasteiger partial charge in [-0.1, -0.05) is 6.07 Å². The van der Waals surface area contributed by atoms with E-state index in [1.54, 1.807) is 6.07 Å². The largest absolute Gasteiger partial charge is 0.508 e. The molecule has 1 aliphatic rings. The van der Waals surface area contributed by atoms with Gasteiger partial charge in [0.1, 0.15) is 12.4 Å². The molecule has 0 aromatic heterocycles. The minimum absolute atomic E-state index is 0.0324. The van der Waals surface area contributed by atoms with Crippen molar-refractivity contribution >= 4 is 11.9 Å². The standard InChI is InChI=1S/C16H20O5/c1-10(17)21-9-13-7-12(5-6-15(13)18)14(11-3-4-11)8-16(19)20-2/h5-7,11,14,18H,3-4,8-9H2,1-2H3. The number of esters is 2. The van der Waals surface area contributed by atoms with E-state index in [0.29, 0.717) is 17.9 Å². The van der Waals surface area contributed by atoms with Crippen LogP contribution in [-0.2, 0) is 25.7 Å². The molecule has 0 radical (unpaired) electrons. The molecule has 0 amide bonds. The summed E-state index contributed by atoms with van der Waals surface area (Å²) in [5, 5.41) is 9.83. The molecular weight excluding hydrogens is 272 g/mol. The summed E-state index contributed by atoms with van der Waals surface area (Å²) in [7, 11) is 1.38. The second-order valence-electron chi connectivity index (χ2n) is 5.39. The normalized spacial score (nSPS) is 15.3. The minimum atomic E-state index is -0.395. The highest BCUT2D eigenvalue weighted by Gasteiger charge is 2.34. The lowest BCUT2D eigenvalue weighted by atomic mass is 9.90. The van der Waals surface area contributed by atoms with Crippen molar-refractivity contribution in [2.75, 3.05) is 7.11 Å². The lowest BCUT2D eigenvalue weighted by Crippen LogP contribution is -2.11. The predicted molar refractivity (Wildman–Crippen MR) is 75.7 cm³/mol. The Hall–Kier alpha value is -2.04. The number of phenolic OH excluding ortho intramolecular Hbond substituents is 1. The Bertz CT molecular complexity index is 533. The molecule has 1 saturated carbocycles. The number of carbonyl (C=O) groups is 2. The molecular formula is C16H20O5. The van der Waals surface area contributed by atoms with Gasteiger partial charge in [-0.2, -0.15) is 0 Å². The van der Waals surface area contributed by atoms with Crippen LogP contribution in [0.5, 0.6) is 5.75 Å². The van der Waals surface area contributed by atoms with Gasteiger partial charge in [-0.05, 0) is 42.4 Å². The highest BCUT2D eigenvalue weighted by atomic mass is 16.5. The topological polar surface area (TPSA) is 72.8 Å². The summed E-state index contributed by atoms with van der Waals surface area (Å²) < 4.78 is 9.69. The highest BCUT2D eigenvalue weighted by Crippen LogP contribution is 2.45. The molecule has 0 heterocycles. The van der Waals surface area contributed by atoms with E-state index in [1.807, 2.05) is 12.1 Å². The zero-order valence-corrected chi connectivity index (χ0v) is 12.3. The fraction of sp³-hybridized carbons (Fsp3) is 0.500. The Kier molecular flexibility index (Phi) is 4.83. The van der Waals surface area contributed by atoms with Gasteiger partial charge in [-0.25, -0.2) is 0 Å². The number of carbonyl (C=O) groups excluding carboxylic acids is 2. The van der Waals surface area contributed by atoms with Crippen LogP contribution in [0.2, 0.25) is 0 Å². The van der Waals surface area contributed by atoms with Gasteiger partial charge in [-0.3, -0.25) is 9.59 Å². The first-order chi connectivity index (χ1) is 10.0. The fourth-order valence-electron chi connectivity index (χ4n) is 2.45. The molecule has 1 atom stereocenters. The summed E-state index contributed by atoms with van der Waals surface area (Å²) in [4.78, 5) is 22.4. The highest BCUT2D eigenvalue weighted by molar-refractivity contribution is 5.70. The number of rotatable bonds is 6. The predicted octanol–water partition coefficient (Wildman–Crippen LogP) is 2.51. The van der Waals surface area contributed by atoms with Gasteiger partial charge >= 0.3 is 11.9 Å². The quantitative estimate of drug-likeness (QED) is 0.816. The monoisotopic (exact) mass is 292 g/mol. The maximum atomic E-state index is 11.6. The van der Waals surface area contributed by atoms with Crippen LogP contribution in [-0.4, -0.2) is 24.2 Å². The molecule has 1 aromatic carbocycles. The van der Waals surface area contributed by atoms with Crippen LogP contribution in [0.3, 0.4) is 0 Å². The zero-order valence-electron chi connectivity index (χ0n) is 12.3. The minimum Gasteiger partial charge on any atom is -0.508 e. The third kappa shape index (κ3) is 4.21. The van der Waals surface area contributed by atoms with Crippen LogP contribution in [0.4, 0.5) is 0 Å². The van der Waals surface area contributed by atoms with Gasteiger partial charge in [-0.15, -0.1) is 0 Å². The Morgan fingerprint density at radius 2 is 2.10 bits per heavy atom. The first-order valence-electron chi connectivity index (χ1n) is 7.03. The summed E-state index contributed by atoms with van der Waals surface area (Å²) in [6, 6.07) is 5.21. The molecule has 21 heavy (non-hydrogen) atoms. The van der Waals surface area contributed by atoms with Crippen molar-refractivity contribution in [1.82, 2.24) is 0 Å². The lowest BCUT2D eigenvalue weighted by molar-refractivity contribution is -0.142. The van der Waals surface area contributed by atoms with Crippen molar-refractivity contribution in [3.63, 3.8) is 0 Å². The number of hydrogen-bond donors (Lipinski definition) is 1. The van der Waals surface area contributed by atoms with Crippen molar-refractivity contribution in [3.8, 4) is 5.75 Å². The summed E-state index contributed by atoms with van der Waals surface area (Å²) in [6.07, 6.45) is 2.53. The number of methoxy groups -OCH3 is 1. The molecule has 1 aromatic rings. The van der Waals surface area contributed by atoms with Gasteiger partial charge in [0, 0.05) is 12.5 Å². The molecule has 2 rings (SSSR count). The van der Waals surface area contributed by atoms with Crippen molar-refractivity contribution in [2.24, 2.45) is 5.92 Å². The maximum absolute atomic E-state index is 11.6. The molecule has 0 aliphatic heterocycles. The van der Waals surface area contributed by atoms with E-state index in [4.69, 9.17) is 9.47 Å². The summed E-state index contributed by atoms with van der Waals surface area (Å²) in [6.45, 7) is 1.36. The Morgan fingerprint density at radius 3 is 2.67 bits per heavy atom. The third-order valence-electron chi connectivity index (χ3n) is 3.77. The summed E-state index contributed by atoms with van der Waals surface area (Å²) in [5.74, 6) is 0.0339. The van der Waals surface area contributed by atoms with E-state index in [0.717, 1.165) is 18.4 Å². The number of ether oxygens (including phenoxy) is 2. The van der Waals surface area contributed by atoms with Crippen LogP contribution in [0.15, 0.2) is 18.2 Å². The van der Waals surface area contributed by atoms with Crippen LogP contribution in [0.25, 0.3) is 0 Å². The second-order valence-corrected chi connectivity index (χ2v) is 5.39. The molecule has 114 valence electrons. The molecule has 1 N–H and O–H groups in total. The molecule has 0 bridgehead atoms. The average Bonchev–Trinajstić information content (AvgIpc) is 3.28. The summed E-state index contributed by atoms with van der Waals surface area (Å²) >= 11 is 0. The first kappa shape index (κ1) is 15.4. The van der Waals surface area contributed by atoms with Crippen LogP contribution >= 0.6 is 0 Å². The third-order valence-corrected chi connectivity index (χ3v) is 3.77. The molecule has 0 spiro atoms. The van der Waals surface area contributed by atoms with Crippen molar-refractivity contribution in [1.29, 1.82) is 0 Å². The smallest absolute Gasteiger partial charge is 0.306 e. The number of aromatic hydroxyl groups is 1. The lowest BCUT2D eigenvalue weighted by Gasteiger charge is -2.17. The average molecular weight is 292 g/mol. The van der Waals surface area contributed by atoms with E-state index in [2.05, 4.69) is 0 Å². The van der Waals surface area contributed by atoms with E-state index < -0.39 is 5.97 Å². The molecule has 1 fully saturated rings. The van der Waals surface area contributed by atoms with Gasteiger partial charge < -0.3 is 14.6 Å². The van der Waals surface area contributed by atoms with E-state index in [9.17, 15) is 14.7 Å². The van der Waals surface area contributed by atoms with E-state index in [1.165, 1.54) is 14.0 Å². The maximum Gasteiger partial charge on any atom is 0.306 e. The molecule has 1 aliphatic carbocycles. The van der Waals surface area contributed by atoms with E-state index >= 15 is 0 Å². The van der Waals surface area contributed by atoms with Crippen LogP contribution in [0.1, 0.15) is 43.2 Å². The first-order valence-corrected chi connectivity index (χ1v) is 7.03. The van der Waals surface area contributed by atoms with Gasteiger partial charge in [0.05, 0.1) is 13.5 Å². The fourth-order valence-corrected chi connectivity index (χ4v) is 2.45. The number of benzene rings is 1.